The summed E-state index contributed by atoms with van der Waals surface area (Å²) in [6, 6.07) is 75.0. The van der Waals surface area contributed by atoms with Crippen LogP contribution in [0.25, 0.3) is 166 Å². The van der Waals surface area contributed by atoms with Crippen molar-refractivity contribution >= 4 is 156 Å². The topological polar surface area (TPSA) is 64.3 Å². The molecule has 0 radical (unpaired) electrons. The standard InChI is InChI=1S/C68H34N4O2S2/c1-70-62-60(37-26-28-43-41-16-4-10-22-54(41)73-56(43)34-37)51(36-69)63(71-52-20-8-2-14-39(52)47-30-32-49-45-18-6-12-24-58(45)75-67(49)64(47)71)61(38-27-29-44-42-17-5-11-23-55(42)74-57(44)35-38)66(62)72-53-21-9-3-15-40(53)48-31-33-50-46-19-7-13-25-59(46)76-68(50)65(48)72/h2-35H. The van der Waals surface area contributed by atoms with Crippen molar-refractivity contribution < 1.29 is 8.83 Å². The molecule has 0 spiro atoms. The molecule has 0 aliphatic rings. The fourth-order valence-corrected chi connectivity index (χ4v) is 15.1. The SMILES string of the molecule is [C-]#[N+]c1c(-c2ccc3c(c2)oc2ccccc23)c(C#N)c(-n2c3ccccc3c3ccc4c5ccccc5sc4c32)c(-c2ccc3c(c2)oc2ccccc23)c1-n1c2ccccc2c2ccc3c4ccccc4sc3c21. The minimum Gasteiger partial charge on any atom is -0.456 e. The molecule has 0 aliphatic heterocycles. The zero-order chi connectivity index (χ0) is 49.9. The van der Waals surface area contributed by atoms with Gasteiger partial charge in [0, 0.05) is 85.2 Å². The third kappa shape index (κ3) is 5.45. The Bertz CT molecular complexity index is 5300. The number of thiophene rings is 2. The lowest BCUT2D eigenvalue weighted by Gasteiger charge is -2.26. The molecule has 0 unspecified atom stereocenters. The highest BCUT2D eigenvalue weighted by Gasteiger charge is 2.33. The van der Waals surface area contributed by atoms with Gasteiger partial charge in [0.05, 0.1) is 55.0 Å². The molecule has 17 rings (SSSR count). The van der Waals surface area contributed by atoms with Gasteiger partial charge in [0.1, 0.15) is 28.4 Å². The average molecular weight is 1000 g/mol. The van der Waals surface area contributed by atoms with Crippen LogP contribution in [0.15, 0.2) is 215 Å². The van der Waals surface area contributed by atoms with Crippen molar-refractivity contribution in [2.75, 3.05) is 0 Å². The van der Waals surface area contributed by atoms with E-state index >= 15 is 0 Å². The Morgan fingerprint density at radius 1 is 0.395 bits per heavy atom. The van der Waals surface area contributed by atoms with Gasteiger partial charge in [-0.1, -0.05) is 146 Å². The Kier molecular flexibility index (Phi) is 8.36. The number of rotatable bonds is 4. The first kappa shape index (κ1) is 41.5. The van der Waals surface area contributed by atoms with Gasteiger partial charge in [-0.2, -0.15) is 5.26 Å². The predicted octanol–water partition coefficient (Wildman–Crippen LogP) is 20.2. The highest BCUT2D eigenvalue weighted by molar-refractivity contribution is 7.27. The molecule has 17 aromatic rings. The average Bonchev–Trinajstić information content (AvgIpc) is 4.50. The molecule has 0 fully saturated rings. The number of nitrogens with zero attached hydrogens (tertiary/aromatic N) is 4. The third-order valence-electron chi connectivity index (χ3n) is 15.8. The lowest BCUT2D eigenvalue weighted by Crippen LogP contribution is -2.09. The van der Waals surface area contributed by atoms with Crippen molar-refractivity contribution in [1.82, 2.24) is 9.13 Å². The van der Waals surface area contributed by atoms with Crippen LogP contribution in [0.5, 0.6) is 0 Å². The number of furan rings is 2. The van der Waals surface area contributed by atoms with Crippen molar-refractivity contribution in [2.24, 2.45) is 0 Å². The Hall–Kier alpha value is -9.96. The normalized spacial score (nSPS) is 12.2. The smallest absolute Gasteiger partial charge is 0.220 e. The second-order valence-electron chi connectivity index (χ2n) is 19.6. The first-order chi connectivity index (χ1) is 37.6. The van der Waals surface area contributed by atoms with E-state index in [1.807, 2.05) is 42.5 Å². The van der Waals surface area contributed by atoms with E-state index in [4.69, 9.17) is 13.7 Å². The van der Waals surface area contributed by atoms with E-state index in [-0.39, 0.29) is 0 Å². The molecule has 11 aromatic carbocycles. The zero-order valence-corrected chi connectivity index (χ0v) is 41.7. The van der Waals surface area contributed by atoms with Crippen molar-refractivity contribution in [1.29, 1.82) is 5.26 Å². The monoisotopic (exact) mass is 1000 g/mol. The van der Waals surface area contributed by atoms with Gasteiger partial charge in [-0.15, -0.1) is 22.7 Å². The summed E-state index contributed by atoms with van der Waals surface area (Å²) in [7, 11) is 0. The van der Waals surface area contributed by atoms with Crippen LogP contribution in [-0.4, -0.2) is 9.13 Å². The number of hydrogen-bond acceptors (Lipinski definition) is 5. The maximum Gasteiger partial charge on any atom is 0.220 e. The van der Waals surface area contributed by atoms with Gasteiger partial charge in [-0.05, 0) is 71.8 Å². The van der Waals surface area contributed by atoms with Crippen LogP contribution in [0.1, 0.15) is 5.56 Å². The molecule has 0 saturated carbocycles. The largest absolute Gasteiger partial charge is 0.456 e. The third-order valence-corrected chi connectivity index (χ3v) is 18.2. The highest BCUT2D eigenvalue weighted by atomic mass is 32.1. The molecule has 0 aliphatic carbocycles. The number of hydrogen-bond donors (Lipinski definition) is 0. The van der Waals surface area contributed by atoms with Gasteiger partial charge >= 0.3 is 0 Å². The number of aromatic nitrogens is 2. The molecular weight excluding hydrogens is 969 g/mol. The van der Waals surface area contributed by atoms with E-state index in [0.29, 0.717) is 44.9 Å². The summed E-state index contributed by atoms with van der Waals surface area (Å²) < 4.78 is 22.7. The van der Waals surface area contributed by atoms with Crippen LogP contribution in [0.2, 0.25) is 0 Å². The quantitative estimate of drug-likeness (QED) is 0.165. The maximum atomic E-state index is 12.4. The van der Waals surface area contributed by atoms with E-state index in [1.165, 1.54) is 20.2 Å². The lowest BCUT2D eigenvalue weighted by atomic mass is 9.88. The summed E-state index contributed by atoms with van der Waals surface area (Å²) in [6.45, 7) is 9.66. The van der Waals surface area contributed by atoms with Gasteiger partial charge in [0.15, 0.2) is 0 Å². The summed E-state index contributed by atoms with van der Waals surface area (Å²) in [4.78, 5) is 4.70. The summed E-state index contributed by atoms with van der Waals surface area (Å²) in [5.41, 5.74) is 11.7. The van der Waals surface area contributed by atoms with Gasteiger partial charge in [0.2, 0.25) is 5.69 Å². The second kappa shape index (κ2) is 15.3. The van der Waals surface area contributed by atoms with Crippen molar-refractivity contribution in [2.45, 2.75) is 0 Å². The minimum atomic E-state index is 0.351. The van der Waals surface area contributed by atoms with Gasteiger partial charge in [-0.3, -0.25) is 0 Å². The van der Waals surface area contributed by atoms with Gasteiger partial charge in [-0.25, -0.2) is 4.85 Å². The van der Waals surface area contributed by atoms with Crippen LogP contribution in [0, 0.1) is 17.9 Å². The molecule has 6 heterocycles. The van der Waals surface area contributed by atoms with Crippen LogP contribution in [-0.2, 0) is 0 Å². The number of benzene rings is 11. The van der Waals surface area contributed by atoms with E-state index in [0.717, 1.165) is 108 Å². The van der Waals surface area contributed by atoms with Gasteiger partial charge < -0.3 is 18.0 Å². The number of fused-ring (bicyclic) bond motifs is 20. The Morgan fingerprint density at radius 2 is 0.803 bits per heavy atom. The molecular formula is C68H34N4O2S2. The van der Waals surface area contributed by atoms with E-state index in [9.17, 15) is 11.8 Å². The van der Waals surface area contributed by atoms with Crippen molar-refractivity contribution in [3.8, 4) is 39.7 Å². The molecule has 6 nitrogen and oxygen atoms in total. The fraction of sp³-hybridized carbons (Fsp3) is 0. The van der Waals surface area contributed by atoms with E-state index in [2.05, 4.69) is 179 Å². The van der Waals surface area contributed by atoms with Crippen LogP contribution < -0.4 is 0 Å². The second-order valence-corrected chi connectivity index (χ2v) is 21.7. The lowest BCUT2D eigenvalue weighted by molar-refractivity contribution is 0.668. The van der Waals surface area contributed by atoms with Crippen molar-refractivity contribution in [3.63, 3.8) is 0 Å². The van der Waals surface area contributed by atoms with E-state index in [1.54, 1.807) is 22.7 Å². The Morgan fingerprint density at radius 3 is 1.32 bits per heavy atom. The first-order valence-electron chi connectivity index (χ1n) is 25.2. The Labute approximate surface area is 439 Å². The molecule has 0 bridgehead atoms. The highest BCUT2D eigenvalue weighted by Crippen LogP contribution is 2.55. The van der Waals surface area contributed by atoms with E-state index < -0.39 is 0 Å². The first-order valence-corrected chi connectivity index (χ1v) is 26.8. The summed E-state index contributed by atoms with van der Waals surface area (Å²) in [5, 5.41) is 25.3. The number of para-hydroxylation sites is 4. The van der Waals surface area contributed by atoms with Gasteiger partial charge in [0.25, 0.3) is 0 Å². The summed E-state index contributed by atoms with van der Waals surface area (Å²) in [6.07, 6.45) is 0. The molecule has 0 saturated heterocycles. The zero-order valence-electron chi connectivity index (χ0n) is 40.1. The maximum absolute atomic E-state index is 12.4. The summed E-state index contributed by atoms with van der Waals surface area (Å²) >= 11 is 3.55. The molecule has 6 aromatic heterocycles. The van der Waals surface area contributed by atoms with Crippen LogP contribution in [0.3, 0.4) is 0 Å². The Balaban J connectivity index is 1.15. The fourth-order valence-electron chi connectivity index (χ4n) is 12.6. The molecule has 8 heteroatoms. The molecule has 0 amide bonds. The van der Waals surface area contributed by atoms with Crippen molar-refractivity contribution in [3.05, 3.63) is 223 Å². The summed E-state index contributed by atoms with van der Waals surface area (Å²) in [5.74, 6) is 0. The minimum absolute atomic E-state index is 0.351. The number of nitriles is 1. The molecule has 0 N–H and O–H groups in total. The predicted molar refractivity (Wildman–Crippen MR) is 317 cm³/mol. The molecule has 76 heavy (non-hydrogen) atoms. The van der Waals surface area contributed by atoms with Crippen LogP contribution in [0.4, 0.5) is 5.69 Å². The molecule has 0 atom stereocenters. The van der Waals surface area contributed by atoms with Crippen LogP contribution >= 0.6 is 22.7 Å². The molecule has 350 valence electrons.